The van der Waals surface area contributed by atoms with E-state index in [0.29, 0.717) is 18.8 Å². The van der Waals surface area contributed by atoms with Crippen molar-refractivity contribution in [3.63, 3.8) is 0 Å². The summed E-state index contributed by atoms with van der Waals surface area (Å²) >= 11 is 1.06. The maximum absolute atomic E-state index is 11.0. The minimum atomic E-state index is -0.437. The Morgan fingerprint density at radius 1 is 1.55 bits per heavy atom. The van der Waals surface area contributed by atoms with Crippen molar-refractivity contribution in [1.82, 2.24) is 10.6 Å². The minimum absolute atomic E-state index is 0.170. The highest BCUT2D eigenvalue weighted by Crippen LogP contribution is 2.11. The van der Waals surface area contributed by atoms with Crippen molar-refractivity contribution in [3.05, 3.63) is 0 Å². The maximum atomic E-state index is 11.0. The molecule has 1 N–H and O–H groups in total. The zero-order chi connectivity index (χ0) is 8.27. The second-order valence-electron chi connectivity index (χ2n) is 2.18. The Bertz CT molecular complexity index is 181. The summed E-state index contributed by atoms with van der Waals surface area (Å²) in [5, 5.41) is -0.385. The van der Waals surface area contributed by atoms with Gasteiger partial charge < -0.3 is 4.90 Å². The molecule has 1 heterocycles. The molecular weight excluding hydrogens is 164 g/mol. The van der Waals surface area contributed by atoms with E-state index in [-0.39, 0.29) is 11.7 Å². The van der Waals surface area contributed by atoms with Crippen LogP contribution >= 0.6 is 11.8 Å². The SMILES string of the molecule is [NH]CCN1CCSC(=O)C1=O. The van der Waals surface area contributed by atoms with Crippen molar-refractivity contribution in [3.8, 4) is 0 Å². The van der Waals surface area contributed by atoms with Gasteiger partial charge in [0.1, 0.15) is 0 Å². The number of hydrogen-bond donors (Lipinski definition) is 0. The van der Waals surface area contributed by atoms with Crippen LogP contribution in [0.5, 0.6) is 0 Å². The van der Waals surface area contributed by atoms with Crippen LogP contribution in [0.25, 0.3) is 0 Å². The lowest BCUT2D eigenvalue weighted by atomic mass is 10.4. The molecule has 1 amide bonds. The lowest BCUT2D eigenvalue weighted by Gasteiger charge is -2.23. The van der Waals surface area contributed by atoms with E-state index in [4.69, 9.17) is 5.73 Å². The fourth-order valence-electron chi connectivity index (χ4n) is 0.889. The molecule has 0 aliphatic carbocycles. The maximum Gasteiger partial charge on any atom is 0.301 e. The highest BCUT2D eigenvalue weighted by Gasteiger charge is 2.25. The third-order valence-electron chi connectivity index (χ3n) is 1.44. The summed E-state index contributed by atoms with van der Waals surface area (Å²) in [4.78, 5) is 23.2. The Labute approximate surface area is 69.1 Å². The third-order valence-corrected chi connectivity index (χ3v) is 2.26. The predicted molar refractivity (Wildman–Crippen MR) is 42.0 cm³/mol. The van der Waals surface area contributed by atoms with Crippen molar-refractivity contribution in [2.45, 2.75) is 0 Å². The molecule has 4 nitrogen and oxygen atoms in total. The quantitative estimate of drug-likeness (QED) is 0.522. The molecule has 61 valence electrons. The van der Waals surface area contributed by atoms with Crippen LogP contribution in [0, 0.1) is 0 Å². The molecule has 1 aliphatic heterocycles. The van der Waals surface area contributed by atoms with Gasteiger partial charge in [0.05, 0.1) is 0 Å². The van der Waals surface area contributed by atoms with Gasteiger partial charge >= 0.3 is 5.91 Å². The second-order valence-corrected chi connectivity index (χ2v) is 3.25. The Kier molecular flexibility index (Phi) is 2.90. The van der Waals surface area contributed by atoms with Crippen LogP contribution in [0.15, 0.2) is 0 Å². The number of thioether (sulfide) groups is 1. The molecular formula is C6H9N2O2S. The number of carbonyl (C=O) groups excluding carboxylic acids is 2. The Morgan fingerprint density at radius 3 is 2.91 bits per heavy atom. The fraction of sp³-hybridized carbons (Fsp3) is 0.667. The van der Waals surface area contributed by atoms with Crippen molar-refractivity contribution in [2.75, 3.05) is 25.4 Å². The topological polar surface area (TPSA) is 61.2 Å². The van der Waals surface area contributed by atoms with E-state index in [2.05, 4.69) is 0 Å². The number of hydrogen-bond acceptors (Lipinski definition) is 3. The zero-order valence-electron chi connectivity index (χ0n) is 6.00. The summed E-state index contributed by atoms with van der Waals surface area (Å²) < 4.78 is 0. The van der Waals surface area contributed by atoms with Gasteiger partial charge in [0, 0.05) is 25.4 Å². The first kappa shape index (κ1) is 8.55. The van der Waals surface area contributed by atoms with Gasteiger partial charge in [-0.2, -0.15) is 0 Å². The van der Waals surface area contributed by atoms with Crippen LogP contribution in [0.3, 0.4) is 0 Å². The summed E-state index contributed by atoms with van der Waals surface area (Å²) in [6, 6.07) is 0. The van der Waals surface area contributed by atoms with E-state index in [0.717, 1.165) is 11.8 Å². The van der Waals surface area contributed by atoms with Gasteiger partial charge in [-0.1, -0.05) is 11.8 Å². The largest absolute Gasteiger partial charge is 0.333 e. The summed E-state index contributed by atoms with van der Waals surface area (Å²) in [6.45, 7) is 1.16. The summed E-state index contributed by atoms with van der Waals surface area (Å²) in [7, 11) is 0. The van der Waals surface area contributed by atoms with Gasteiger partial charge in [-0.25, -0.2) is 0 Å². The lowest BCUT2D eigenvalue weighted by Crippen LogP contribution is -2.42. The normalized spacial score (nSPS) is 19.2. The van der Waals surface area contributed by atoms with Crippen LogP contribution in [0.2, 0.25) is 0 Å². The van der Waals surface area contributed by atoms with Crippen molar-refractivity contribution in [2.24, 2.45) is 0 Å². The van der Waals surface area contributed by atoms with E-state index in [9.17, 15) is 9.59 Å². The number of amides is 1. The molecule has 1 radical (unpaired) electrons. The number of carbonyl (C=O) groups is 2. The van der Waals surface area contributed by atoms with Gasteiger partial charge in [0.25, 0.3) is 5.12 Å². The van der Waals surface area contributed by atoms with Crippen LogP contribution in [0.4, 0.5) is 0 Å². The van der Waals surface area contributed by atoms with Crippen LogP contribution < -0.4 is 5.73 Å². The predicted octanol–water partition coefficient (Wildman–Crippen LogP) is -0.629. The molecule has 0 spiro atoms. The number of rotatable bonds is 2. The van der Waals surface area contributed by atoms with Crippen molar-refractivity contribution in [1.29, 1.82) is 0 Å². The number of nitrogens with zero attached hydrogens (tertiary/aromatic N) is 1. The molecule has 0 unspecified atom stereocenters. The molecule has 11 heavy (non-hydrogen) atoms. The Morgan fingerprint density at radius 2 is 2.27 bits per heavy atom. The zero-order valence-corrected chi connectivity index (χ0v) is 6.82. The first-order valence-corrected chi connectivity index (χ1v) is 4.35. The molecule has 0 aromatic carbocycles. The second kappa shape index (κ2) is 3.73. The van der Waals surface area contributed by atoms with Crippen LogP contribution in [-0.4, -0.2) is 41.3 Å². The summed E-state index contributed by atoms with van der Waals surface area (Å²) in [6.07, 6.45) is 0. The molecule has 0 atom stereocenters. The van der Waals surface area contributed by atoms with Gasteiger partial charge in [0.2, 0.25) is 0 Å². The van der Waals surface area contributed by atoms with Crippen molar-refractivity contribution >= 4 is 22.8 Å². The standard InChI is InChI=1S/C6H9N2O2S/c7-1-2-8-3-4-11-6(10)5(8)9/h7H,1-4H2. The summed E-state index contributed by atoms with van der Waals surface area (Å²) in [5.74, 6) is 0.235. The van der Waals surface area contributed by atoms with Gasteiger partial charge in [-0.15, -0.1) is 0 Å². The highest BCUT2D eigenvalue weighted by atomic mass is 32.2. The Balaban J connectivity index is 2.51. The average molecular weight is 173 g/mol. The molecule has 1 aliphatic rings. The van der Waals surface area contributed by atoms with E-state index in [1.165, 1.54) is 4.90 Å². The first-order valence-electron chi connectivity index (χ1n) is 3.36. The molecule has 0 aromatic heterocycles. The van der Waals surface area contributed by atoms with E-state index < -0.39 is 5.91 Å². The first-order chi connectivity index (χ1) is 5.25. The molecule has 0 saturated carbocycles. The Hall–Kier alpha value is -0.550. The van der Waals surface area contributed by atoms with E-state index in [1.807, 2.05) is 0 Å². The lowest BCUT2D eigenvalue weighted by molar-refractivity contribution is -0.140. The fourth-order valence-corrected chi connectivity index (χ4v) is 1.64. The highest BCUT2D eigenvalue weighted by molar-refractivity contribution is 8.15. The smallest absolute Gasteiger partial charge is 0.301 e. The summed E-state index contributed by atoms with van der Waals surface area (Å²) in [5.41, 5.74) is 6.88. The van der Waals surface area contributed by atoms with Crippen LogP contribution in [0.1, 0.15) is 0 Å². The van der Waals surface area contributed by atoms with Gasteiger partial charge in [-0.3, -0.25) is 15.3 Å². The van der Waals surface area contributed by atoms with Crippen LogP contribution in [-0.2, 0) is 9.59 Å². The molecule has 0 bridgehead atoms. The average Bonchev–Trinajstić information content (AvgIpc) is 1.99. The van der Waals surface area contributed by atoms with Gasteiger partial charge in [0.15, 0.2) is 0 Å². The molecule has 5 heteroatoms. The van der Waals surface area contributed by atoms with Gasteiger partial charge in [-0.05, 0) is 0 Å². The molecule has 1 rings (SSSR count). The van der Waals surface area contributed by atoms with Crippen molar-refractivity contribution < 1.29 is 9.59 Å². The third kappa shape index (κ3) is 1.94. The monoisotopic (exact) mass is 173 g/mol. The molecule has 1 fully saturated rings. The molecule has 0 aromatic rings. The molecule has 1 saturated heterocycles. The number of nitrogens with one attached hydrogen (secondary N) is 1. The van der Waals surface area contributed by atoms with E-state index in [1.54, 1.807) is 0 Å². The minimum Gasteiger partial charge on any atom is -0.333 e. The van der Waals surface area contributed by atoms with E-state index >= 15 is 0 Å².